The molecule has 7 nitrogen and oxygen atoms in total. The first-order chi connectivity index (χ1) is 14.8. The fraction of sp³-hybridized carbons (Fsp3) is 0.696. The summed E-state index contributed by atoms with van der Waals surface area (Å²) in [5.74, 6) is -0.110. The molecule has 3 heterocycles. The Kier molecular flexibility index (Phi) is 6.53. The molecule has 1 atom stereocenters. The van der Waals surface area contributed by atoms with Gasteiger partial charge in [0.1, 0.15) is 5.82 Å². The first kappa shape index (κ1) is 22.5. The van der Waals surface area contributed by atoms with E-state index in [4.69, 9.17) is 0 Å². The Morgan fingerprint density at radius 2 is 1.52 bits per heavy atom. The zero-order valence-corrected chi connectivity index (χ0v) is 18.5. The second-order valence-electron chi connectivity index (χ2n) is 9.63. The minimum atomic E-state index is -0.805. The van der Waals surface area contributed by atoms with Gasteiger partial charge in [-0.3, -0.25) is 14.6 Å². The van der Waals surface area contributed by atoms with Gasteiger partial charge in [-0.1, -0.05) is 12.1 Å². The van der Waals surface area contributed by atoms with E-state index < -0.39 is 11.2 Å². The fourth-order valence-corrected chi connectivity index (χ4v) is 5.29. The highest BCUT2D eigenvalue weighted by atomic mass is 19.1. The zero-order valence-electron chi connectivity index (χ0n) is 18.5. The van der Waals surface area contributed by atoms with Gasteiger partial charge in [-0.15, -0.1) is 0 Å². The summed E-state index contributed by atoms with van der Waals surface area (Å²) >= 11 is 0. The van der Waals surface area contributed by atoms with E-state index in [1.165, 1.54) is 6.07 Å². The Morgan fingerprint density at radius 1 is 0.903 bits per heavy atom. The Balaban J connectivity index is 1.25. The van der Waals surface area contributed by atoms with Crippen molar-refractivity contribution in [1.29, 1.82) is 0 Å². The van der Waals surface area contributed by atoms with Gasteiger partial charge in [0.25, 0.3) is 0 Å². The van der Waals surface area contributed by atoms with E-state index in [0.29, 0.717) is 70.8 Å². The summed E-state index contributed by atoms with van der Waals surface area (Å²) in [7, 11) is 0. The summed E-state index contributed by atoms with van der Waals surface area (Å²) < 4.78 is 14.1. The van der Waals surface area contributed by atoms with Gasteiger partial charge < -0.3 is 20.0 Å². The van der Waals surface area contributed by atoms with Crippen LogP contribution in [0.15, 0.2) is 24.3 Å². The number of piperazine rings is 1. The van der Waals surface area contributed by atoms with Gasteiger partial charge in [-0.2, -0.15) is 0 Å². The van der Waals surface area contributed by atoms with Crippen LogP contribution < -0.4 is 4.90 Å². The van der Waals surface area contributed by atoms with Crippen molar-refractivity contribution < 1.29 is 19.4 Å². The smallest absolute Gasteiger partial charge is 0.219 e. The van der Waals surface area contributed by atoms with Crippen LogP contribution in [0.5, 0.6) is 0 Å². The lowest BCUT2D eigenvalue weighted by Gasteiger charge is -2.41. The number of benzene rings is 1. The number of piperidine rings is 1. The van der Waals surface area contributed by atoms with E-state index in [2.05, 4.69) is 9.80 Å². The molecule has 1 aromatic rings. The normalized spacial score (nSPS) is 27.6. The second kappa shape index (κ2) is 9.02. The molecule has 3 aliphatic rings. The lowest BCUT2D eigenvalue weighted by atomic mass is 9.90. The van der Waals surface area contributed by atoms with Gasteiger partial charge in [0.05, 0.1) is 16.9 Å². The van der Waals surface area contributed by atoms with Crippen LogP contribution in [0.1, 0.15) is 26.2 Å². The molecule has 172 valence electrons. The third-order valence-electron chi connectivity index (χ3n) is 7.15. The van der Waals surface area contributed by atoms with Crippen molar-refractivity contribution in [3.05, 3.63) is 30.1 Å². The number of anilines is 1. The minimum absolute atomic E-state index is 0.111. The molecule has 0 radical (unpaired) electrons. The number of hydrogen-bond acceptors (Lipinski definition) is 6. The van der Waals surface area contributed by atoms with Crippen LogP contribution in [0.2, 0.25) is 0 Å². The lowest BCUT2D eigenvalue weighted by molar-refractivity contribution is -0.130. The molecule has 0 aromatic heterocycles. The van der Waals surface area contributed by atoms with E-state index in [0.717, 1.165) is 19.6 Å². The highest BCUT2D eigenvalue weighted by Gasteiger charge is 2.42. The number of halogens is 1. The summed E-state index contributed by atoms with van der Waals surface area (Å²) in [4.78, 5) is 19.8. The summed E-state index contributed by atoms with van der Waals surface area (Å²) in [6.45, 7) is 8.32. The molecule has 8 heteroatoms. The number of rotatable bonds is 5. The standard InChI is InChI=1S/C23H35FN4O3/c1-19(29)27-14-12-25(13-15-27)17-23(31)6-9-26(18-23)16-22(30)7-10-28(11-8-22)21-5-3-2-4-20(21)24/h2-5,30-31H,6-18H2,1H3/t23-/m1/s1. The van der Waals surface area contributed by atoms with Crippen LogP contribution in [0.3, 0.4) is 0 Å². The molecular weight excluding hydrogens is 399 g/mol. The van der Waals surface area contributed by atoms with Crippen molar-refractivity contribution in [2.45, 2.75) is 37.4 Å². The van der Waals surface area contributed by atoms with Gasteiger partial charge in [0, 0.05) is 72.4 Å². The number of amides is 1. The topological polar surface area (TPSA) is 70.5 Å². The molecular formula is C23H35FN4O3. The van der Waals surface area contributed by atoms with Gasteiger partial charge >= 0.3 is 0 Å². The molecule has 0 aliphatic carbocycles. The quantitative estimate of drug-likeness (QED) is 0.713. The second-order valence-corrected chi connectivity index (χ2v) is 9.63. The molecule has 0 spiro atoms. The highest BCUT2D eigenvalue weighted by Crippen LogP contribution is 2.31. The van der Waals surface area contributed by atoms with Gasteiger partial charge in [-0.25, -0.2) is 4.39 Å². The molecule has 31 heavy (non-hydrogen) atoms. The molecule has 3 fully saturated rings. The Bertz CT molecular complexity index is 778. The molecule has 0 saturated carbocycles. The van der Waals surface area contributed by atoms with Crippen molar-refractivity contribution in [2.75, 3.05) is 70.3 Å². The lowest BCUT2D eigenvalue weighted by Crippen LogP contribution is -2.54. The zero-order chi connectivity index (χ0) is 22.1. The fourth-order valence-electron chi connectivity index (χ4n) is 5.29. The van der Waals surface area contributed by atoms with E-state index in [-0.39, 0.29) is 11.7 Å². The van der Waals surface area contributed by atoms with E-state index in [1.807, 2.05) is 15.9 Å². The molecule has 1 amide bonds. The van der Waals surface area contributed by atoms with E-state index in [9.17, 15) is 19.4 Å². The average molecular weight is 435 g/mol. The molecule has 2 N–H and O–H groups in total. The van der Waals surface area contributed by atoms with Gasteiger partial charge in [0.2, 0.25) is 5.91 Å². The Morgan fingerprint density at radius 3 is 2.16 bits per heavy atom. The highest BCUT2D eigenvalue weighted by molar-refractivity contribution is 5.73. The van der Waals surface area contributed by atoms with Crippen LogP contribution in [-0.2, 0) is 4.79 Å². The van der Waals surface area contributed by atoms with Crippen molar-refractivity contribution in [3.8, 4) is 0 Å². The molecule has 3 saturated heterocycles. The van der Waals surface area contributed by atoms with Crippen LogP contribution in [-0.4, -0.2) is 107 Å². The maximum Gasteiger partial charge on any atom is 0.219 e. The maximum atomic E-state index is 14.1. The van der Waals surface area contributed by atoms with Crippen molar-refractivity contribution in [3.63, 3.8) is 0 Å². The summed E-state index contributed by atoms with van der Waals surface area (Å²) in [5.41, 5.74) is -0.979. The first-order valence-electron chi connectivity index (χ1n) is 11.4. The number of hydrogen-bond donors (Lipinski definition) is 2. The number of carbonyl (C=O) groups excluding carboxylic acids is 1. The van der Waals surface area contributed by atoms with Crippen LogP contribution in [0.25, 0.3) is 0 Å². The largest absolute Gasteiger partial charge is 0.388 e. The molecule has 0 bridgehead atoms. The third kappa shape index (κ3) is 5.37. The van der Waals surface area contributed by atoms with E-state index >= 15 is 0 Å². The van der Waals surface area contributed by atoms with Crippen molar-refractivity contribution in [2.24, 2.45) is 0 Å². The number of likely N-dealkylation sites (tertiary alicyclic amines) is 1. The molecule has 3 aliphatic heterocycles. The number of aliphatic hydroxyl groups is 2. The van der Waals surface area contributed by atoms with Crippen LogP contribution in [0.4, 0.5) is 10.1 Å². The molecule has 1 aromatic carbocycles. The number of nitrogens with zero attached hydrogens (tertiary/aromatic N) is 4. The Hall–Kier alpha value is -1.74. The predicted molar refractivity (Wildman–Crippen MR) is 117 cm³/mol. The monoisotopic (exact) mass is 434 g/mol. The van der Waals surface area contributed by atoms with Gasteiger partial charge in [0.15, 0.2) is 0 Å². The van der Waals surface area contributed by atoms with Crippen LogP contribution >= 0.6 is 0 Å². The third-order valence-corrected chi connectivity index (χ3v) is 7.15. The SMILES string of the molecule is CC(=O)N1CCN(C[C@]2(O)CCN(CC3(O)CCN(c4ccccc4F)CC3)C2)CC1. The minimum Gasteiger partial charge on any atom is -0.388 e. The van der Waals surface area contributed by atoms with Gasteiger partial charge in [-0.05, 0) is 31.4 Å². The molecule has 0 unspecified atom stereocenters. The number of β-amino-alcohol motifs (C(OH)–C–C–N with tert-alkyl or cyclic N) is 2. The number of carbonyl (C=O) groups is 1. The van der Waals surface area contributed by atoms with E-state index in [1.54, 1.807) is 19.1 Å². The Labute approximate surface area is 184 Å². The number of para-hydroxylation sites is 1. The molecule has 4 rings (SSSR count). The summed E-state index contributed by atoms with van der Waals surface area (Å²) in [6.07, 6.45) is 1.86. The summed E-state index contributed by atoms with van der Waals surface area (Å²) in [5, 5.41) is 22.3. The first-order valence-corrected chi connectivity index (χ1v) is 11.4. The van der Waals surface area contributed by atoms with Crippen LogP contribution in [0, 0.1) is 5.82 Å². The van der Waals surface area contributed by atoms with Crippen molar-refractivity contribution in [1.82, 2.24) is 14.7 Å². The summed E-state index contributed by atoms with van der Waals surface area (Å²) in [6, 6.07) is 6.79. The maximum absolute atomic E-state index is 14.1. The van der Waals surface area contributed by atoms with Crippen molar-refractivity contribution >= 4 is 11.6 Å². The predicted octanol–water partition coefficient (Wildman–Crippen LogP) is 0.758. The average Bonchev–Trinajstić information content (AvgIpc) is 3.09.